The quantitative estimate of drug-likeness (QED) is 0.781. The van der Waals surface area contributed by atoms with Crippen molar-refractivity contribution in [2.45, 2.75) is 39.5 Å². The van der Waals surface area contributed by atoms with E-state index in [0.717, 1.165) is 30.2 Å². The topological polar surface area (TPSA) is 65.7 Å². The number of aromatic nitrogens is 2. The van der Waals surface area contributed by atoms with Crippen molar-refractivity contribution < 1.29 is 4.79 Å². The Morgan fingerprint density at radius 2 is 1.70 bits per heavy atom. The van der Waals surface area contributed by atoms with Crippen LogP contribution in [0.2, 0.25) is 0 Å². The molecule has 0 unspecified atom stereocenters. The van der Waals surface area contributed by atoms with E-state index < -0.39 is 0 Å². The van der Waals surface area contributed by atoms with Crippen LogP contribution in [0.5, 0.6) is 0 Å². The molecule has 1 aromatic carbocycles. The predicted molar refractivity (Wildman–Crippen MR) is 84.3 cm³/mol. The number of Topliss-reactive ketones (excluding diaryl/α,β-unsaturated/α-hetero) is 1. The van der Waals surface area contributed by atoms with Gasteiger partial charge in [0.25, 0.3) is 0 Å². The lowest BCUT2D eigenvalue weighted by atomic mass is 9.89. The van der Waals surface area contributed by atoms with Crippen LogP contribution in [0.15, 0.2) is 21.4 Å². The number of nitrogens with one attached hydrogen (secondary N) is 2. The van der Waals surface area contributed by atoms with E-state index >= 15 is 0 Å². The number of hydrogen-bond donors (Lipinski definition) is 2. The second-order valence-corrected chi connectivity index (χ2v) is 5.95. The molecule has 2 N–H and O–H groups in total. The largest absolute Gasteiger partial charge is 0.323 e. The Bertz CT molecular complexity index is 666. The molecule has 0 fully saturated rings. The summed E-state index contributed by atoms with van der Waals surface area (Å²) in [5, 5.41) is 0. The average Bonchev–Trinajstić information content (AvgIpc) is 2.76. The number of H-pyrrole nitrogens is 2. The molecule has 0 aliphatic rings. The Kier molecular flexibility index (Phi) is 4.81. The zero-order valence-electron chi connectivity index (χ0n) is 11.8. The van der Waals surface area contributed by atoms with Crippen LogP contribution in [0.25, 0.3) is 11.0 Å². The molecule has 0 aliphatic carbocycles. The van der Waals surface area contributed by atoms with Crippen molar-refractivity contribution in [3.63, 3.8) is 0 Å². The number of hydrogen-bond acceptors (Lipinski definition) is 2. The number of carbonyl (C=O) groups is 1. The average molecular weight is 339 g/mol. The van der Waals surface area contributed by atoms with Crippen molar-refractivity contribution in [1.29, 1.82) is 0 Å². The van der Waals surface area contributed by atoms with E-state index in [1.807, 2.05) is 0 Å². The number of rotatable bonds is 6. The molecule has 108 valence electrons. The molecule has 4 nitrogen and oxygen atoms in total. The Labute approximate surface area is 126 Å². The van der Waals surface area contributed by atoms with Crippen molar-refractivity contribution in [3.05, 3.63) is 32.7 Å². The van der Waals surface area contributed by atoms with Gasteiger partial charge in [0.2, 0.25) is 0 Å². The summed E-state index contributed by atoms with van der Waals surface area (Å²) in [5.74, 6) is 0.217. The normalized spacial score (nSPS) is 11.4. The maximum absolute atomic E-state index is 12.7. The van der Waals surface area contributed by atoms with Crippen LogP contribution in [-0.4, -0.2) is 15.8 Å². The first kappa shape index (κ1) is 15.0. The predicted octanol–water partition coefficient (Wildman–Crippen LogP) is 4.02. The maximum Gasteiger partial charge on any atom is 0.323 e. The van der Waals surface area contributed by atoms with Gasteiger partial charge in [-0.1, -0.05) is 26.7 Å². The fourth-order valence-corrected chi connectivity index (χ4v) is 3.11. The highest BCUT2D eigenvalue weighted by atomic mass is 79.9. The van der Waals surface area contributed by atoms with E-state index in [4.69, 9.17) is 0 Å². The number of halogens is 1. The SMILES string of the molecule is CCCC(CCC)C(=O)c1cc2[nH]c(=O)[nH]c2cc1Br. The maximum atomic E-state index is 12.7. The molecule has 0 radical (unpaired) electrons. The first-order valence-electron chi connectivity index (χ1n) is 7.02. The Hall–Kier alpha value is -1.36. The third kappa shape index (κ3) is 3.03. The molecular weight excluding hydrogens is 320 g/mol. The Balaban J connectivity index is 2.41. The molecule has 0 amide bonds. The summed E-state index contributed by atoms with van der Waals surface area (Å²) in [5.41, 5.74) is 1.78. The molecule has 0 bridgehead atoms. The van der Waals surface area contributed by atoms with E-state index in [-0.39, 0.29) is 17.4 Å². The van der Waals surface area contributed by atoms with Crippen LogP contribution in [0.4, 0.5) is 0 Å². The van der Waals surface area contributed by atoms with Gasteiger partial charge in [0.1, 0.15) is 0 Å². The zero-order chi connectivity index (χ0) is 14.7. The zero-order valence-corrected chi connectivity index (χ0v) is 13.3. The fourth-order valence-electron chi connectivity index (χ4n) is 2.57. The molecule has 5 heteroatoms. The molecule has 0 atom stereocenters. The molecule has 2 aromatic rings. The molecule has 0 aliphatic heterocycles. The molecule has 2 rings (SSSR count). The van der Waals surface area contributed by atoms with Gasteiger partial charge in [-0.25, -0.2) is 4.79 Å². The molecule has 1 heterocycles. The van der Waals surface area contributed by atoms with Crippen molar-refractivity contribution in [3.8, 4) is 0 Å². The van der Waals surface area contributed by atoms with Crippen molar-refractivity contribution in [2.75, 3.05) is 0 Å². The first-order valence-corrected chi connectivity index (χ1v) is 7.81. The highest BCUT2D eigenvalue weighted by molar-refractivity contribution is 9.10. The van der Waals surface area contributed by atoms with Gasteiger partial charge in [0.15, 0.2) is 5.78 Å². The standard InChI is InChI=1S/C15H19BrN2O2/c1-3-5-9(6-4-2)14(19)10-7-12-13(8-11(10)16)18-15(20)17-12/h7-9H,3-6H2,1-2H3,(H2,17,18,20). The third-order valence-corrected chi connectivity index (χ3v) is 4.17. The number of fused-ring (bicyclic) bond motifs is 1. The number of carbonyl (C=O) groups excluding carboxylic acids is 1. The minimum atomic E-state index is -0.254. The van der Waals surface area contributed by atoms with Gasteiger partial charge in [0, 0.05) is 16.0 Å². The molecule has 0 spiro atoms. The summed E-state index contributed by atoms with van der Waals surface area (Å²) in [6.07, 6.45) is 3.80. The summed E-state index contributed by atoms with van der Waals surface area (Å²) < 4.78 is 0.738. The van der Waals surface area contributed by atoms with E-state index in [0.29, 0.717) is 16.6 Å². The summed E-state index contributed by atoms with van der Waals surface area (Å²) >= 11 is 3.44. The summed E-state index contributed by atoms with van der Waals surface area (Å²) in [6.45, 7) is 4.19. The van der Waals surface area contributed by atoms with Crippen molar-refractivity contribution in [1.82, 2.24) is 9.97 Å². The van der Waals surface area contributed by atoms with Gasteiger partial charge in [-0.15, -0.1) is 0 Å². The number of ketones is 1. The van der Waals surface area contributed by atoms with Crippen LogP contribution in [0.3, 0.4) is 0 Å². The fraction of sp³-hybridized carbons (Fsp3) is 0.467. The molecule has 0 saturated carbocycles. The highest BCUT2D eigenvalue weighted by Crippen LogP contribution is 2.27. The van der Waals surface area contributed by atoms with Gasteiger partial charge in [-0.2, -0.15) is 0 Å². The van der Waals surface area contributed by atoms with E-state index in [1.165, 1.54) is 0 Å². The molecular formula is C15H19BrN2O2. The van der Waals surface area contributed by atoms with Crippen LogP contribution in [-0.2, 0) is 0 Å². The summed E-state index contributed by atoms with van der Waals surface area (Å²) in [4.78, 5) is 29.4. The first-order chi connectivity index (χ1) is 9.56. The smallest absolute Gasteiger partial charge is 0.306 e. The Morgan fingerprint density at radius 1 is 1.15 bits per heavy atom. The van der Waals surface area contributed by atoms with E-state index in [2.05, 4.69) is 39.7 Å². The van der Waals surface area contributed by atoms with Crippen molar-refractivity contribution >= 4 is 32.7 Å². The number of aromatic amines is 2. The van der Waals surface area contributed by atoms with Gasteiger partial charge in [0.05, 0.1) is 11.0 Å². The van der Waals surface area contributed by atoms with Crippen LogP contribution >= 0.6 is 15.9 Å². The van der Waals surface area contributed by atoms with Gasteiger partial charge in [-0.3, -0.25) is 4.79 Å². The van der Waals surface area contributed by atoms with Gasteiger partial charge in [-0.05, 0) is 40.9 Å². The van der Waals surface area contributed by atoms with Crippen LogP contribution in [0.1, 0.15) is 49.9 Å². The lowest BCUT2D eigenvalue weighted by Crippen LogP contribution is -2.15. The second-order valence-electron chi connectivity index (χ2n) is 5.10. The van der Waals surface area contributed by atoms with Crippen molar-refractivity contribution in [2.24, 2.45) is 5.92 Å². The monoisotopic (exact) mass is 338 g/mol. The molecule has 1 aromatic heterocycles. The lowest BCUT2D eigenvalue weighted by Gasteiger charge is -2.15. The van der Waals surface area contributed by atoms with Gasteiger partial charge >= 0.3 is 5.69 Å². The summed E-state index contributed by atoms with van der Waals surface area (Å²) in [6, 6.07) is 3.55. The summed E-state index contributed by atoms with van der Waals surface area (Å²) in [7, 11) is 0. The third-order valence-electron chi connectivity index (χ3n) is 3.51. The van der Waals surface area contributed by atoms with Crippen LogP contribution in [0, 0.1) is 5.92 Å². The number of benzene rings is 1. The highest BCUT2D eigenvalue weighted by Gasteiger charge is 2.21. The van der Waals surface area contributed by atoms with Gasteiger partial charge < -0.3 is 9.97 Å². The minimum absolute atomic E-state index is 0.0596. The lowest BCUT2D eigenvalue weighted by molar-refractivity contribution is 0.0904. The molecule has 20 heavy (non-hydrogen) atoms. The minimum Gasteiger partial charge on any atom is -0.306 e. The number of imidazole rings is 1. The second kappa shape index (κ2) is 6.39. The Morgan fingerprint density at radius 3 is 2.25 bits per heavy atom. The van der Waals surface area contributed by atoms with Crippen LogP contribution < -0.4 is 5.69 Å². The van der Waals surface area contributed by atoms with E-state index in [9.17, 15) is 9.59 Å². The molecule has 0 saturated heterocycles. The van der Waals surface area contributed by atoms with E-state index in [1.54, 1.807) is 12.1 Å².